The summed E-state index contributed by atoms with van der Waals surface area (Å²) in [6.45, 7) is 6.59. The van der Waals surface area contributed by atoms with Crippen LogP contribution in [0.2, 0.25) is 0 Å². The van der Waals surface area contributed by atoms with E-state index in [1.807, 2.05) is 24.3 Å². The zero-order valence-corrected chi connectivity index (χ0v) is 11.8. The molecule has 1 fully saturated rings. The maximum atomic E-state index is 5.83. The summed E-state index contributed by atoms with van der Waals surface area (Å²) < 4.78 is 5.70. The minimum Gasteiger partial charge on any atom is -0.491 e. The van der Waals surface area contributed by atoms with E-state index in [-0.39, 0.29) is 0 Å². The lowest BCUT2D eigenvalue weighted by molar-refractivity contribution is 0.241. The van der Waals surface area contributed by atoms with Gasteiger partial charge in [0, 0.05) is 30.6 Å². The van der Waals surface area contributed by atoms with Crippen LogP contribution in [0.15, 0.2) is 24.3 Å². The van der Waals surface area contributed by atoms with E-state index in [0.29, 0.717) is 0 Å². The second-order valence-corrected chi connectivity index (χ2v) is 6.27. The molecule has 100 valence electrons. The van der Waals surface area contributed by atoms with Gasteiger partial charge in [0.1, 0.15) is 5.75 Å². The Bertz CT molecular complexity index is 373. The van der Waals surface area contributed by atoms with Gasteiger partial charge in [0.15, 0.2) is 0 Å². The minimum atomic E-state index is 0.723. The first kappa shape index (κ1) is 13.6. The number of rotatable bonds is 5. The molecule has 1 aliphatic rings. The number of benzene rings is 1. The maximum Gasteiger partial charge on any atom is 0.142 e. The number of anilines is 1. The Morgan fingerprint density at radius 2 is 2.28 bits per heavy atom. The number of thioether (sulfide) groups is 1. The lowest BCUT2D eigenvalue weighted by Gasteiger charge is -2.30. The van der Waals surface area contributed by atoms with Gasteiger partial charge in [-0.3, -0.25) is 0 Å². The van der Waals surface area contributed by atoms with Gasteiger partial charge in [-0.1, -0.05) is 19.1 Å². The van der Waals surface area contributed by atoms with Gasteiger partial charge in [-0.05, 0) is 18.6 Å². The predicted molar refractivity (Wildman–Crippen MR) is 79.3 cm³/mol. The van der Waals surface area contributed by atoms with Crippen molar-refractivity contribution in [2.45, 2.75) is 18.6 Å². The molecule has 0 bridgehead atoms. The molecule has 3 nitrogen and oxygen atoms in total. The van der Waals surface area contributed by atoms with E-state index in [1.54, 1.807) is 0 Å². The summed E-state index contributed by atoms with van der Waals surface area (Å²) >= 11 is 2.07. The van der Waals surface area contributed by atoms with Crippen LogP contribution in [0.25, 0.3) is 0 Å². The summed E-state index contributed by atoms with van der Waals surface area (Å²) in [5.74, 6) is 2.06. The topological polar surface area (TPSA) is 38.5 Å². The second-order valence-electron chi connectivity index (χ2n) is 4.72. The van der Waals surface area contributed by atoms with Crippen LogP contribution in [0.1, 0.15) is 13.3 Å². The number of para-hydroxylation sites is 2. The Balaban J connectivity index is 1.65. The van der Waals surface area contributed by atoms with E-state index in [9.17, 15) is 0 Å². The number of ether oxygens (including phenoxy) is 1. The molecule has 1 aliphatic heterocycles. The van der Waals surface area contributed by atoms with Gasteiger partial charge >= 0.3 is 0 Å². The average molecular weight is 266 g/mol. The summed E-state index contributed by atoms with van der Waals surface area (Å²) in [5, 5.41) is 0.768. The molecule has 0 aliphatic carbocycles. The van der Waals surface area contributed by atoms with Crippen molar-refractivity contribution in [2.24, 2.45) is 0 Å². The number of hydrogen-bond donors (Lipinski definition) is 1. The van der Waals surface area contributed by atoms with Crippen LogP contribution in [0.4, 0.5) is 5.69 Å². The quantitative estimate of drug-likeness (QED) is 0.656. The van der Waals surface area contributed by atoms with E-state index < -0.39 is 0 Å². The fourth-order valence-electron chi connectivity index (χ4n) is 2.18. The molecule has 18 heavy (non-hydrogen) atoms. The zero-order valence-electron chi connectivity index (χ0n) is 11.0. The molecule has 0 radical (unpaired) electrons. The van der Waals surface area contributed by atoms with Gasteiger partial charge in [-0.25, -0.2) is 0 Å². The van der Waals surface area contributed by atoms with E-state index in [0.717, 1.165) is 36.3 Å². The first-order chi connectivity index (χ1) is 8.75. The van der Waals surface area contributed by atoms with Crippen molar-refractivity contribution < 1.29 is 4.74 Å². The highest BCUT2D eigenvalue weighted by Gasteiger charge is 2.15. The Labute approximate surface area is 114 Å². The molecule has 1 saturated heterocycles. The van der Waals surface area contributed by atoms with Gasteiger partial charge in [0.2, 0.25) is 0 Å². The number of nitrogen functional groups attached to an aromatic ring is 1. The van der Waals surface area contributed by atoms with E-state index in [1.165, 1.54) is 18.8 Å². The fourth-order valence-corrected chi connectivity index (χ4v) is 3.26. The molecule has 0 aromatic heterocycles. The highest BCUT2D eigenvalue weighted by atomic mass is 32.2. The monoisotopic (exact) mass is 266 g/mol. The highest BCUT2D eigenvalue weighted by molar-refractivity contribution is 7.99. The summed E-state index contributed by atoms with van der Waals surface area (Å²) in [4.78, 5) is 2.53. The van der Waals surface area contributed by atoms with E-state index >= 15 is 0 Å². The summed E-state index contributed by atoms with van der Waals surface area (Å²) in [5.41, 5.74) is 6.55. The molecular formula is C14H22N2OS. The van der Waals surface area contributed by atoms with Gasteiger partial charge in [0.25, 0.3) is 0 Å². The highest BCUT2D eigenvalue weighted by Crippen LogP contribution is 2.20. The predicted octanol–water partition coefficient (Wildman–Crippen LogP) is 2.48. The van der Waals surface area contributed by atoms with Crippen molar-refractivity contribution in [1.82, 2.24) is 4.90 Å². The first-order valence-corrected chi connectivity index (χ1v) is 7.62. The second kappa shape index (κ2) is 6.90. The minimum absolute atomic E-state index is 0.723. The van der Waals surface area contributed by atoms with E-state index in [4.69, 9.17) is 10.5 Å². The third-order valence-corrected chi connectivity index (χ3v) is 4.26. The number of nitrogens with zero attached hydrogens (tertiary/aromatic N) is 1. The lowest BCUT2D eigenvalue weighted by atomic mass is 10.3. The SMILES string of the molecule is CC1CN(CCCOc2ccccc2N)CCS1. The Morgan fingerprint density at radius 3 is 3.06 bits per heavy atom. The van der Waals surface area contributed by atoms with Crippen LogP contribution in [-0.4, -0.2) is 42.1 Å². The van der Waals surface area contributed by atoms with Crippen molar-refractivity contribution in [1.29, 1.82) is 0 Å². The fraction of sp³-hybridized carbons (Fsp3) is 0.571. The van der Waals surface area contributed by atoms with Crippen molar-refractivity contribution >= 4 is 17.4 Å². The smallest absolute Gasteiger partial charge is 0.142 e. The van der Waals surface area contributed by atoms with Gasteiger partial charge in [0.05, 0.1) is 12.3 Å². The van der Waals surface area contributed by atoms with Crippen LogP contribution in [-0.2, 0) is 0 Å². The normalized spacial score (nSPS) is 20.8. The Morgan fingerprint density at radius 1 is 1.44 bits per heavy atom. The van der Waals surface area contributed by atoms with Crippen LogP contribution in [0.5, 0.6) is 5.75 Å². The molecule has 2 N–H and O–H groups in total. The van der Waals surface area contributed by atoms with Crippen molar-refractivity contribution in [3.05, 3.63) is 24.3 Å². The molecule has 0 spiro atoms. The molecule has 1 heterocycles. The molecule has 1 aromatic carbocycles. The van der Waals surface area contributed by atoms with Gasteiger partial charge in [-0.2, -0.15) is 11.8 Å². The van der Waals surface area contributed by atoms with Crippen molar-refractivity contribution in [2.75, 3.05) is 37.7 Å². The van der Waals surface area contributed by atoms with Crippen molar-refractivity contribution in [3.8, 4) is 5.75 Å². The molecule has 1 aromatic rings. The first-order valence-electron chi connectivity index (χ1n) is 6.57. The Kier molecular flexibility index (Phi) is 5.20. The lowest BCUT2D eigenvalue weighted by Crippen LogP contribution is -2.37. The molecule has 0 amide bonds. The third-order valence-electron chi connectivity index (χ3n) is 3.12. The van der Waals surface area contributed by atoms with Crippen LogP contribution < -0.4 is 10.5 Å². The molecule has 1 unspecified atom stereocenters. The summed E-state index contributed by atoms with van der Waals surface area (Å²) in [6.07, 6.45) is 1.06. The van der Waals surface area contributed by atoms with Crippen LogP contribution in [0.3, 0.4) is 0 Å². The standard InChI is InChI=1S/C14H22N2OS/c1-12-11-16(8-10-18-12)7-4-9-17-14-6-3-2-5-13(14)15/h2-3,5-6,12H,4,7-11,15H2,1H3. The largest absolute Gasteiger partial charge is 0.491 e. The molecule has 4 heteroatoms. The summed E-state index contributed by atoms with van der Waals surface area (Å²) in [7, 11) is 0. The molecular weight excluding hydrogens is 244 g/mol. The zero-order chi connectivity index (χ0) is 12.8. The van der Waals surface area contributed by atoms with Crippen LogP contribution in [0, 0.1) is 0 Å². The molecule has 1 atom stereocenters. The maximum absolute atomic E-state index is 5.83. The van der Waals surface area contributed by atoms with E-state index in [2.05, 4.69) is 23.6 Å². The number of hydrogen-bond acceptors (Lipinski definition) is 4. The third kappa shape index (κ3) is 4.10. The van der Waals surface area contributed by atoms with Crippen LogP contribution >= 0.6 is 11.8 Å². The number of nitrogens with two attached hydrogens (primary N) is 1. The summed E-state index contributed by atoms with van der Waals surface area (Å²) in [6, 6.07) is 7.68. The average Bonchev–Trinajstić information content (AvgIpc) is 2.37. The Hall–Kier alpha value is -0.870. The van der Waals surface area contributed by atoms with Crippen molar-refractivity contribution in [3.63, 3.8) is 0 Å². The van der Waals surface area contributed by atoms with Gasteiger partial charge < -0.3 is 15.4 Å². The molecule has 2 rings (SSSR count). The molecule has 0 saturated carbocycles. The van der Waals surface area contributed by atoms with Gasteiger partial charge in [-0.15, -0.1) is 0 Å².